The molecule has 1 N–H and O–H groups in total. The minimum atomic E-state index is -0.0556. The van der Waals surface area contributed by atoms with Crippen LogP contribution in [0.5, 0.6) is 0 Å². The van der Waals surface area contributed by atoms with Gasteiger partial charge in [0.1, 0.15) is 0 Å². The van der Waals surface area contributed by atoms with E-state index in [1.165, 1.54) is 0 Å². The molecule has 0 aliphatic heterocycles. The number of para-hydroxylation sites is 1. The molecule has 1 aromatic heterocycles. The van der Waals surface area contributed by atoms with Crippen molar-refractivity contribution in [3.05, 3.63) is 30.5 Å². The molecule has 1 aromatic carbocycles. The number of nitrogens with one attached hydrogen (secondary N) is 1. The fourth-order valence-electron chi connectivity index (χ4n) is 0.883. The number of aromatic nitrogens is 2. The lowest BCUT2D eigenvalue weighted by Gasteiger charge is -1.81. The van der Waals surface area contributed by atoms with Gasteiger partial charge in [0.15, 0.2) is 3.78 Å². The lowest BCUT2D eigenvalue weighted by atomic mass is 10.3. The molecule has 0 saturated heterocycles. The molecule has 5 heteroatoms. The van der Waals surface area contributed by atoms with E-state index in [-0.39, 0.29) is 3.78 Å². The van der Waals surface area contributed by atoms with Gasteiger partial charge in [0.05, 0.1) is 11.7 Å². The average molecular weight is 233 g/mol. The summed E-state index contributed by atoms with van der Waals surface area (Å²) in [6.07, 6.45) is 1.81. The molecule has 2 rings (SSSR count). The Balaban J connectivity index is 0.000000184. The van der Waals surface area contributed by atoms with Crippen LogP contribution in [0.25, 0.3) is 10.9 Å². The Bertz CT molecular complexity index is 365. The third-order valence-corrected chi connectivity index (χ3v) is 1.35. The predicted molar refractivity (Wildman–Crippen MR) is 60.4 cm³/mol. The first-order valence-corrected chi connectivity index (χ1v) is 4.59. The van der Waals surface area contributed by atoms with Crippen molar-refractivity contribution in [2.75, 3.05) is 0 Å². The molecule has 0 bridgehead atoms. The first kappa shape index (κ1) is 10.4. The minimum absolute atomic E-state index is 0.0556. The molecule has 0 saturated carbocycles. The van der Waals surface area contributed by atoms with Crippen molar-refractivity contribution >= 4 is 50.1 Å². The second kappa shape index (κ2) is 5.17. The normalized spacial score (nSPS) is 9.08. The van der Waals surface area contributed by atoms with E-state index in [2.05, 4.69) is 22.4 Å². The molecular formula is C8H6Cl2N2S. The number of H-pyrrole nitrogens is 1. The van der Waals surface area contributed by atoms with E-state index in [1.54, 1.807) is 0 Å². The van der Waals surface area contributed by atoms with Crippen molar-refractivity contribution in [1.82, 2.24) is 10.2 Å². The molecule has 13 heavy (non-hydrogen) atoms. The molecule has 0 fully saturated rings. The SMILES string of the molecule is S=C(Cl)Cl.c1ccc2[nH]ncc2c1. The van der Waals surface area contributed by atoms with E-state index in [4.69, 9.17) is 23.2 Å². The maximum atomic E-state index is 4.77. The van der Waals surface area contributed by atoms with Gasteiger partial charge in [0.2, 0.25) is 0 Å². The number of rotatable bonds is 0. The Morgan fingerprint density at radius 2 is 1.92 bits per heavy atom. The summed E-state index contributed by atoms with van der Waals surface area (Å²) in [4.78, 5) is 0. The highest BCUT2D eigenvalue weighted by Crippen LogP contribution is 2.06. The highest BCUT2D eigenvalue weighted by Gasteiger charge is 1.88. The van der Waals surface area contributed by atoms with Crippen LogP contribution in [-0.2, 0) is 0 Å². The Kier molecular flexibility index (Phi) is 4.15. The van der Waals surface area contributed by atoms with Gasteiger partial charge in [-0.3, -0.25) is 5.10 Å². The summed E-state index contributed by atoms with van der Waals surface area (Å²) in [5, 5.41) is 7.91. The predicted octanol–water partition coefficient (Wildman–Crippen LogP) is 3.31. The van der Waals surface area contributed by atoms with Gasteiger partial charge in [-0.2, -0.15) is 5.10 Å². The van der Waals surface area contributed by atoms with Crippen LogP contribution < -0.4 is 0 Å². The zero-order valence-electron chi connectivity index (χ0n) is 6.50. The standard InChI is InChI=1S/C7H6N2.CCl2S/c1-2-4-7-6(3-1)5-8-9-7;2-1(3)4/h1-5H,(H,8,9);. The molecule has 68 valence electrons. The van der Waals surface area contributed by atoms with E-state index in [9.17, 15) is 0 Å². The van der Waals surface area contributed by atoms with Crippen molar-refractivity contribution in [2.45, 2.75) is 0 Å². The maximum absolute atomic E-state index is 4.77. The minimum Gasteiger partial charge on any atom is -0.278 e. The lowest BCUT2D eigenvalue weighted by molar-refractivity contribution is 1.12. The van der Waals surface area contributed by atoms with Crippen molar-refractivity contribution in [1.29, 1.82) is 0 Å². The highest BCUT2D eigenvalue weighted by molar-refractivity contribution is 7.86. The third-order valence-electron chi connectivity index (χ3n) is 1.35. The zero-order chi connectivity index (χ0) is 9.68. The zero-order valence-corrected chi connectivity index (χ0v) is 8.83. The number of benzene rings is 1. The number of fused-ring (bicyclic) bond motifs is 1. The second-order valence-corrected chi connectivity index (χ2v) is 3.99. The summed E-state index contributed by atoms with van der Waals surface area (Å²) in [7, 11) is 0. The molecular weight excluding hydrogens is 227 g/mol. The van der Waals surface area contributed by atoms with Crippen LogP contribution in [0, 0.1) is 0 Å². The Morgan fingerprint density at radius 1 is 1.31 bits per heavy atom. The quantitative estimate of drug-likeness (QED) is 0.558. The van der Waals surface area contributed by atoms with Gasteiger partial charge < -0.3 is 0 Å². The molecule has 0 atom stereocenters. The fourth-order valence-corrected chi connectivity index (χ4v) is 0.883. The Hall–Kier alpha value is -0.640. The van der Waals surface area contributed by atoms with Crippen LogP contribution in [0.3, 0.4) is 0 Å². The monoisotopic (exact) mass is 232 g/mol. The first-order chi connectivity index (χ1) is 6.20. The fraction of sp³-hybridized carbons (Fsp3) is 0. The number of hydrogen-bond donors (Lipinski definition) is 1. The van der Waals surface area contributed by atoms with Crippen LogP contribution in [-0.4, -0.2) is 14.0 Å². The van der Waals surface area contributed by atoms with Crippen LogP contribution in [0.15, 0.2) is 30.5 Å². The summed E-state index contributed by atoms with van der Waals surface area (Å²) >= 11 is 13.6. The Labute approximate surface area is 90.8 Å². The van der Waals surface area contributed by atoms with Crippen LogP contribution in [0.2, 0.25) is 0 Å². The van der Waals surface area contributed by atoms with E-state index >= 15 is 0 Å². The number of nitrogens with zero attached hydrogens (tertiary/aromatic N) is 1. The van der Waals surface area contributed by atoms with Gasteiger partial charge in [-0.15, -0.1) is 0 Å². The molecule has 2 aromatic rings. The number of thiocarbonyl (C=S) groups is 1. The number of halogens is 2. The molecule has 0 radical (unpaired) electrons. The molecule has 1 heterocycles. The second-order valence-electron chi connectivity index (χ2n) is 2.18. The van der Waals surface area contributed by atoms with Gasteiger partial charge in [-0.05, 0) is 6.07 Å². The molecule has 0 aliphatic rings. The van der Waals surface area contributed by atoms with Gasteiger partial charge >= 0.3 is 0 Å². The summed E-state index contributed by atoms with van der Waals surface area (Å²) in [6, 6.07) is 8.01. The van der Waals surface area contributed by atoms with Crippen LogP contribution in [0.1, 0.15) is 0 Å². The Morgan fingerprint density at radius 3 is 2.54 bits per heavy atom. The van der Waals surface area contributed by atoms with E-state index in [1.807, 2.05) is 30.5 Å². The molecule has 0 spiro atoms. The lowest BCUT2D eigenvalue weighted by Crippen LogP contribution is -1.63. The average Bonchev–Trinajstić information content (AvgIpc) is 2.49. The van der Waals surface area contributed by atoms with Crippen molar-refractivity contribution < 1.29 is 0 Å². The van der Waals surface area contributed by atoms with Crippen LogP contribution in [0.4, 0.5) is 0 Å². The summed E-state index contributed by atoms with van der Waals surface area (Å²) < 4.78 is -0.0556. The van der Waals surface area contributed by atoms with E-state index in [0.29, 0.717) is 0 Å². The first-order valence-electron chi connectivity index (χ1n) is 3.43. The molecule has 0 amide bonds. The topological polar surface area (TPSA) is 28.7 Å². The smallest absolute Gasteiger partial charge is 0.169 e. The number of aromatic amines is 1. The third kappa shape index (κ3) is 3.72. The summed E-state index contributed by atoms with van der Waals surface area (Å²) in [5.41, 5.74) is 1.09. The van der Waals surface area contributed by atoms with Crippen molar-refractivity contribution in [2.24, 2.45) is 0 Å². The van der Waals surface area contributed by atoms with E-state index in [0.717, 1.165) is 10.9 Å². The summed E-state index contributed by atoms with van der Waals surface area (Å²) in [6.45, 7) is 0. The van der Waals surface area contributed by atoms with Gasteiger partial charge in [-0.1, -0.05) is 53.6 Å². The summed E-state index contributed by atoms with van der Waals surface area (Å²) in [5.74, 6) is 0. The largest absolute Gasteiger partial charge is 0.278 e. The van der Waals surface area contributed by atoms with Gasteiger partial charge in [0, 0.05) is 5.39 Å². The van der Waals surface area contributed by atoms with Crippen molar-refractivity contribution in [3.63, 3.8) is 0 Å². The molecule has 2 nitrogen and oxygen atoms in total. The maximum Gasteiger partial charge on any atom is 0.169 e. The van der Waals surface area contributed by atoms with Crippen LogP contribution >= 0.6 is 35.4 Å². The molecule has 0 aliphatic carbocycles. The number of hydrogen-bond acceptors (Lipinski definition) is 2. The van der Waals surface area contributed by atoms with E-state index < -0.39 is 0 Å². The molecule has 0 unspecified atom stereocenters. The van der Waals surface area contributed by atoms with Gasteiger partial charge in [-0.25, -0.2) is 0 Å². The van der Waals surface area contributed by atoms with Gasteiger partial charge in [0.25, 0.3) is 0 Å². The highest BCUT2D eigenvalue weighted by atomic mass is 35.5. The van der Waals surface area contributed by atoms with Crippen molar-refractivity contribution in [3.8, 4) is 0 Å².